The van der Waals surface area contributed by atoms with Gasteiger partial charge in [0.1, 0.15) is 72.6 Å². The Hall–Kier alpha value is -6.66. The molecule has 0 radical (unpaired) electrons. The van der Waals surface area contributed by atoms with Gasteiger partial charge in [-0.25, -0.2) is 0 Å². The van der Waals surface area contributed by atoms with Crippen molar-refractivity contribution in [2.24, 2.45) is 41.4 Å². The molecular formula is C64H113N11O14. The Morgan fingerprint density at radius 1 is 0.494 bits per heavy atom. The van der Waals surface area contributed by atoms with E-state index >= 15 is 19.2 Å². The third kappa shape index (κ3) is 21.8. The Morgan fingerprint density at radius 2 is 0.933 bits per heavy atom. The second-order valence-electron chi connectivity index (χ2n) is 26.5. The molecular weight excluding hydrogens is 1150 g/mol. The summed E-state index contributed by atoms with van der Waals surface area (Å²) in [6.07, 6.45) is 2.84. The summed E-state index contributed by atoms with van der Waals surface area (Å²) in [6, 6.07) is -14.4. The molecule has 25 heteroatoms. The molecule has 0 saturated carbocycles. The summed E-state index contributed by atoms with van der Waals surface area (Å²) in [7, 11) is 9.68. The first-order valence-electron chi connectivity index (χ1n) is 31.6. The molecule has 0 spiro atoms. The highest BCUT2D eigenvalue weighted by Gasteiger charge is 2.47. The van der Waals surface area contributed by atoms with Gasteiger partial charge in [-0.2, -0.15) is 0 Å². The van der Waals surface area contributed by atoms with E-state index in [1.165, 1.54) is 96.6 Å². The van der Waals surface area contributed by atoms with Gasteiger partial charge in [-0.05, 0) is 95.3 Å². The van der Waals surface area contributed by atoms with Gasteiger partial charge < -0.3 is 65.4 Å². The summed E-state index contributed by atoms with van der Waals surface area (Å²) >= 11 is 0. The first kappa shape index (κ1) is 80.4. The largest absolute Gasteiger partial charge is 0.459 e. The van der Waals surface area contributed by atoms with Crippen LogP contribution in [0.1, 0.15) is 157 Å². The van der Waals surface area contributed by atoms with Gasteiger partial charge in [0.2, 0.25) is 65.0 Å². The maximum absolute atomic E-state index is 15.4. The number of nitrogens with one attached hydrogen (secondary N) is 4. The number of ether oxygens (including phenoxy) is 1. The van der Waals surface area contributed by atoms with Crippen LogP contribution in [0.3, 0.4) is 0 Å². The van der Waals surface area contributed by atoms with Crippen molar-refractivity contribution in [3.63, 3.8) is 0 Å². The zero-order valence-corrected chi connectivity index (χ0v) is 58.3. The van der Waals surface area contributed by atoms with Gasteiger partial charge in [-0.3, -0.25) is 57.5 Å². The van der Waals surface area contributed by atoms with Crippen molar-refractivity contribution >= 4 is 70.9 Å². The van der Waals surface area contributed by atoms with Gasteiger partial charge in [0.25, 0.3) is 0 Å². The standard InChI is InChI=1S/C64H113N11O14/c1-26-28-29-39(13)53(89-44(18)77)52-57(81)67-45(27-2)60(84)69(19)43(17)59(83)74(24)51(40(14)33-76)56(80)68-49(37(9)10)63(87)70(20)46(30-34(3)4)55(79)65-41(15)54(78)66-42(16)58(82)71(21)47(31-35(5)6)61(85)72(22)48(32-36(7)8)62(86)73(23)50(38(11)12)64(88)75(52)25/h26,28,34-43,45-53,76H,27,29-33H2,1-25H3,(H,65,79)(H,66,78)(H,67,81)(H,68,80)/b28-26+/t39-,40-,41+,42-,43-,45+,46+,47+,48+,49+,50+,51+,52+,53-/m1/s1. The van der Waals surface area contributed by atoms with Crippen LogP contribution >= 0.6 is 0 Å². The number of amides is 11. The molecule has 5 N–H and O–H groups in total. The number of rotatable bonds is 16. The minimum atomic E-state index is -1.64. The third-order valence-corrected chi connectivity index (χ3v) is 16.9. The normalized spacial score (nSPS) is 27.3. The Balaban J connectivity index is 4.49. The second kappa shape index (κ2) is 36.3. The summed E-state index contributed by atoms with van der Waals surface area (Å²) in [5.41, 5.74) is 0. The number of carbonyl (C=O) groups is 12. The van der Waals surface area contributed by atoms with E-state index in [1.807, 2.05) is 41.5 Å². The maximum Gasteiger partial charge on any atom is 0.303 e. The number of hydrogen-bond acceptors (Lipinski definition) is 14. The van der Waals surface area contributed by atoms with Crippen LogP contribution in [0.15, 0.2) is 12.2 Å². The van der Waals surface area contributed by atoms with E-state index < -0.39 is 174 Å². The average molecular weight is 1260 g/mol. The van der Waals surface area contributed by atoms with Gasteiger partial charge in [0.05, 0.1) is 0 Å². The van der Waals surface area contributed by atoms with Crippen molar-refractivity contribution in [2.45, 2.75) is 229 Å². The summed E-state index contributed by atoms with van der Waals surface area (Å²) in [5.74, 6) is -12.2. The molecule has 0 aromatic rings. The molecule has 25 nitrogen and oxygen atoms in total. The van der Waals surface area contributed by atoms with Crippen molar-refractivity contribution in [3.05, 3.63) is 12.2 Å². The van der Waals surface area contributed by atoms with Gasteiger partial charge in [0, 0.05) is 68.8 Å². The zero-order chi connectivity index (χ0) is 69.1. The molecule has 1 rings (SSSR count). The first-order valence-corrected chi connectivity index (χ1v) is 31.6. The highest BCUT2D eigenvalue weighted by Crippen LogP contribution is 2.27. The monoisotopic (exact) mass is 1260 g/mol. The van der Waals surface area contributed by atoms with E-state index in [4.69, 9.17) is 4.74 Å². The topological polar surface area (TPSA) is 305 Å². The van der Waals surface area contributed by atoms with Crippen LogP contribution in [0.25, 0.3) is 0 Å². The lowest BCUT2D eigenvalue weighted by Gasteiger charge is -2.42. The SMILES string of the molecule is C/C=C/C[C@@H](C)[C@@H](OC(C)=O)[C@H]1C(=O)N[C@@H](CC)C(=O)N(C)[C@H](C)C(=O)N(C)[C@@H]([C@H](C)CO)C(=O)N[C@@H](C(C)C)C(=O)N(C)[C@@H](CC(C)C)C(=O)N[C@@H](C)C(=O)N[C@H](C)C(=O)N(C)[C@@H](CC(C)C)C(=O)N(C)[C@@H](CC(C)C)C(=O)N(C)[C@@H](C(C)C)C(=O)N1C. The van der Waals surface area contributed by atoms with Crippen LogP contribution in [0.2, 0.25) is 0 Å². The van der Waals surface area contributed by atoms with E-state index in [1.54, 1.807) is 60.6 Å². The number of likely N-dealkylation sites (N-methyl/N-ethyl adjacent to an activating group) is 7. The van der Waals surface area contributed by atoms with Gasteiger partial charge in [-0.15, -0.1) is 0 Å². The fraction of sp³-hybridized carbons (Fsp3) is 0.781. The molecule has 1 aliphatic rings. The molecule has 0 aliphatic carbocycles. The lowest BCUT2D eigenvalue weighted by Crippen LogP contribution is -2.64. The fourth-order valence-corrected chi connectivity index (χ4v) is 11.3. The van der Waals surface area contributed by atoms with Crippen LogP contribution in [0, 0.1) is 41.4 Å². The van der Waals surface area contributed by atoms with E-state index in [-0.39, 0.29) is 49.9 Å². The molecule has 1 aliphatic heterocycles. The molecule has 0 aromatic carbocycles. The molecule has 0 unspecified atom stereocenters. The van der Waals surface area contributed by atoms with E-state index in [0.29, 0.717) is 0 Å². The molecule has 508 valence electrons. The number of esters is 1. The van der Waals surface area contributed by atoms with E-state index in [0.717, 1.165) is 21.6 Å². The lowest BCUT2D eigenvalue weighted by molar-refractivity contribution is -0.164. The average Bonchev–Trinajstić information content (AvgIpc) is 0.924. The van der Waals surface area contributed by atoms with Crippen molar-refractivity contribution in [3.8, 4) is 0 Å². The van der Waals surface area contributed by atoms with Crippen molar-refractivity contribution < 1.29 is 67.4 Å². The Kier molecular flexibility index (Phi) is 32.7. The van der Waals surface area contributed by atoms with E-state index in [2.05, 4.69) is 21.3 Å². The second-order valence-corrected chi connectivity index (χ2v) is 26.5. The number of allylic oxidation sites excluding steroid dienone is 2. The highest BCUT2D eigenvalue weighted by molar-refractivity contribution is 6.00. The maximum atomic E-state index is 15.4. The quantitative estimate of drug-likeness (QED) is 0.110. The molecule has 1 saturated heterocycles. The van der Waals surface area contributed by atoms with Gasteiger partial charge in [0.15, 0.2) is 0 Å². The van der Waals surface area contributed by atoms with Crippen LogP contribution < -0.4 is 21.3 Å². The van der Waals surface area contributed by atoms with Crippen molar-refractivity contribution in [2.75, 3.05) is 55.9 Å². The lowest BCUT2D eigenvalue weighted by atomic mass is 9.91. The molecule has 14 atom stereocenters. The Labute approximate surface area is 530 Å². The van der Waals surface area contributed by atoms with E-state index in [9.17, 15) is 43.5 Å². The Bertz CT molecular complexity index is 2490. The van der Waals surface area contributed by atoms with Crippen LogP contribution in [-0.2, 0) is 62.3 Å². The number of carbonyl (C=O) groups excluding carboxylic acids is 12. The minimum Gasteiger partial charge on any atom is -0.459 e. The fourth-order valence-electron chi connectivity index (χ4n) is 11.3. The third-order valence-electron chi connectivity index (χ3n) is 16.9. The summed E-state index contributed by atoms with van der Waals surface area (Å²) < 4.78 is 5.93. The van der Waals surface area contributed by atoms with Crippen molar-refractivity contribution in [1.29, 1.82) is 0 Å². The Morgan fingerprint density at radius 3 is 1.38 bits per heavy atom. The molecule has 1 fully saturated rings. The van der Waals surface area contributed by atoms with Crippen LogP contribution in [0.5, 0.6) is 0 Å². The molecule has 89 heavy (non-hydrogen) atoms. The number of nitrogens with zero attached hydrogens (tertiary/aromatic N) is 7. The summed E-state index contributed by atoms with van der Waals surface area (Å²) in [6.45, 7) is 29.3. The molecule has 11 amide bonds. The van der Waals surface area contributed by atoms with Gasteiger partial charge >= 0.3 is 5.97 Å². The van der Waals surface area contributed by atoms with Gasteiger partial charge in [-0.1, -0.05) is 102 Å². The predicted octanol–water partition coefficient (Wildman–Crippen LogP) is 2.81. The predicted molar refractivity (Wildman–Crippen MR) is 339 cm³/mol. The van der Waals surface area contributed by atoms with Crippen LogP contribution in [-0.4, -0.2) is 239 Å². The van der Waals surface area contributed by atoms with Crippen molar-refractivity contribution in [1.82, 2.24) is 55.6 Å². The minimum absolute atomic E-state index is 0.0435. The number of aliphatic hydroxyl groups is 1. The zero-order valence-electron chi connectivity index (χ0n) is 58.3. The number of hydrogen-bond donors (Lipinski definition) is 5. The summed E-state index contributed by atoms with van der Waals surface area (Å²) in [5, 5.41) is 21.4. The first-order chi connectivity index (χ1) is 41.1. The smallest absolute Gasteiger partial charge is 0.303 e. The van der Waals surface area contributed by atoms with Crippen LogP contribution in [0.4, 0.5) is 0 Å². The highest BCUT2D eigenvalue weighted by atomic mass is 16.5. The molecule has 0 bridgehead atoms. The molecule has 1 heterocycles. The summed E-state index contributed by atoms with van der Waals surface area (Å²) in [4.78, 5) is 183. The molecule has 0 aromatic heterocycles. The number of aliphatic hydroxyl groups excluding tert-OH is 1.